The van der Waals surface area contributed by atoms with Gasteiger partial charge in [0.1, 0.15) is 0 Å². The molecule has 0 N–H and O–H groups in total. The average molecular weight is 231 g/mol. The molecule has 0 spiro atoms. The summed E-state index contributed by atoms with van der Waals surface area (Å²) in [6, 6.07) is 5.13. The van der Waals surface area contributed by atoms with Gasteiger partial charge >= 0.3 is 6.18 Å². The maximum absolute atomic E-state index is 12.3. The molecule has 0 radical (unpaired) electrons. The number of halogens is 3. The van der Waals surface area contributed by atoms with E-state index in [0.29, 0.717) is 0 Å². The van der Waals surface area contributed by atoms with Gasteiger partial charge in [0.25, 0.3) is 0 Å². The zero-order valence-electron chi connectivity index (χ0n) is 7.71. The molecule has 0 aliphatic carbocycles. The summed E-state index contributed by atoms with van der Waals surface area (Å²) >= 11 is 1.58. The minimum absolute atomic E-state index is 0.616. The van der Waals surface area contributed by atoms with Crippen LogP contribution in [-0.2, 0) is 6.18 Å². The second-order valence-electron chi connectivity index (χ2n) is 3.11. The monoisotopic (exact) mass is 231 g/mol. The molecule has 0 saturated heterocycles. The van der Waals surface area contributed by atoms with Gasteiger partial charge in [0.2, 0.25) is 0 Å². The van der Waals surface area contributed by atoms with Crippen LogP contribution in [-0.4, -0.2) is 17.3 Å². The van der Waals surface area contributed by atoms with Gasteiger partial charge in [-0.15, -0.1) is 11.8 Å². The van der Waals surface area contributed by atoms with E-state index in [-0.39, 0.29) is 0 Å². The van der Waals surface area contributed by atoms with E-state index in [1.54, 1.807) is 11.8 Å². The van der Waals surface area contributed by atoms with Crippen molar-refractivity contribution in [1.29, 1.82) is 0 Å². The Morgan fingerprint density at radius 3 is 2.27 bits per heavy atom. The van der Waals surface area contributed by atoms with Crippen molar-refractivity contribution in [2.75, 3.05) is 12.3 Å². The van der Waals surface area contributed by atoms with E-state index in [0.717, 1.165) is 35.0 Å². The highest BCUT2D eigenvalue weighted by atomic mass is 32.2. The third-order valence-corrected chi connectivity index (χ3v) is 3.07. The predicted octanol–water partition coefficient (Wildman–Crippen LogP) is 3.20. The van der Waals surface area contributed by atoms with Crippen molar-refractivity contribution in [2.45, 2.75) is 6.18 Å². The molecule has 0 fully saturated rings. The third kappa shape index (κ3) is 2.34. The Bertz CT molecular complexity index is 381. The number of alkyl halides is 3. The molecule has 0 unspecified atom stereocenters. The number of hydrogen-bond acceptors (Lipinski definition) is 2. The Hall–Kier alpha value is -0.970. The first-order chi connectivity index (χ1) is 7.07. The molecule has 1 aliphatic rings. The lowest BCUT2D eigenvalue weighted by atomic mass is 10.1. The van der Waals surface area contributed by atoms with Gasteiger partial charge in [0.15, 0.2) is 0 Å². The molecule has 80 valence electrons. The molecular formula is C10H8F3NS. The van der Waals surface area contributed by atoms with E-state index in [9.17, 15) is 13.2 Å². The summed E-state index contributed by atoms with van der Waals surface area (Å²) < 4.78 is 36.8. The van der Waals surface area contributed by atoms with Gasteiger partial charge in [0.05, 0.1) is 10.6 Å². The molecule has 1 heterocycles. The van der Waals surface area contributed by atoms with Crippen molar-refractivity contribution in [3.05, 3.63) is 35.4 Å². The number of benzene rings is 1. The topological polar surface area (TPSA) is 12.4 Å². The SMILES string of the molecule is FC(F)(F)c1ccc(C2=NCCS2)cc1. The summed E-state index contributed by atoms with van der Waals surface area (Å²) in [4.78, 5) is 4.20. The van der Waals surface area contributed by atoms with Crippen molar-refractivity contribution in [3.63, 3.8) is 0 Å². The van der Waals surface area contributed by atoms with Gasteiger partial charge < -0.3 is 0 Å². The zero-order valence-corrected chi connectivity index (χ0v) is 8.53. The molecule has 0 saturated carbocycles. The lowest BCUT2D eigenvalue weighted by Crippen LogP contribution is -2.05. The van der Waals surface area contributed by atoms with E-state index < -0.39 is 11.7 Å². The van der Waals surface area contributed by atoms with E-state index in [1.807, 2.05) is 0 Å². The molecule has 15 heavy (non-hydrogen) atoms. The minimum atomic E-state index is -4.26. The Kier molecular flexibility index (Phi) is 2.73. The van der Waals surface area contributed by atoms with Crippen LogP contribution in [0.4, 0.5) is 13.2 Å². The molecule has 1 aromatic carbocycles. The zero-order chi connectivity index (χ0) is 10.9. The summed E-state index contributed by atoms with van der Waals surface area (Å²) in [6.07, 6.45) is -4.26. The van der Waals surface area contributed by atoms with Crippen LogP contribution < -0.4 is 0 Å². The van der Waals surface area contributed by atoms with Crippen molar-refractivity contribution in [1.82, 2.24) is 0 Å². The molecule has 1 aliphatic heterocycles. The van der Waals surface area contributed by atoms with Gasteiger partial charge in [0, 0.05) is 17.9 Å². The smallest absolute Gasteiger partial charge is 0.277 e. The molecule has 1 nitrogen and oxygen atoms in total. The second-order valence-corrected chi connectivity index (χ2v) is 4.19. The van der Waals surface area contributed by atoms with Gasteiger partial charge in [-0.1, -0.05) is 12.1 Å². The maximum atomic E-state index is 12.3. The lowest BCUT2D eigenvalue weighted by Gasteiger charge is -2.07. The Balaban J connectivity index is 2.24. The molecule has 2 rings (SSSR count). The molecular weight excluding hydrogens is 223 g/mol. The van der Waals surface area contributed by atoms with E-state index in [1.165, 1.54) is 12.1 Å². The van der Waals surface area contributed by atoms with E-state index in [2.05, 4.69) is 4.99 Å². The van der Waals surface area contributed by atoms with E-state index >= 15 is 0 Å². The summed E-state index contributed by atoms with van der Waals surface area (Å²) in [5.41, 5.74) is 0.153. The summed E-state index contributed by atoms with van der Waals surface area (Å²) in [5.74, 6) is 0.913. The Morgan fingerprint density at radius 1 is 1.13 bits per heavy atom. The van der Waals surface area contributed by atoms with Crippen LogP contribution in [0.15, 0.2) is 29.3 Å². The molecule has 0 atom stereocenters. The minimum Gasteiger partial charge on any atom is -0.277 e. The van der Waals surface area contributed by atoms with Crippen LogP contribution in [0, 0.1) is 0 Å². The molecule has 5 heteroatoms. The lowest BCUT2D eigenvalue weighted by molar-refractivity contribution is -0.137. The summed E-state index contributed by atoms with van der Waals surface area (Å²) in [5, 5.41) is 0.837. The largest absolute Gasteiger partial charge is 0.416 e. The number of rotatable bonds is 1. The quantitative estimate of drug-likeness (QED) is 0.723. The Morgan fingerprint density at radius 2 is 1.80 bits per heavy atom. The van der Waals surface area contributed by atoms with Crippen LogP contribution in [0.5, 0.6) is 0 Å². The first-order valence-electron chi connectivity index (χ1n) is 4.42. The fourth-order valence-corrected chi connectivity index (χ4v) is 2.17. The van der Waals surface area contributed by atoms with Crippen LogP contribution in [0.25, 0.3) is 0 Å². The first-order valence-corrected chi connectivity index (χ1v) is 5.41. The number of nitrogens with zero attached hydrogens (tertiary/aromatic N) is 1. The number of thioether (sulfide) groups is 1. The van der Waals surface area contributed by atoms with Gasteiger partial charge in [-0.3, -0.25) is 4.99 Å². The molecule has 0 bridgehead atoms. The van der Waals surface area contributed by atoms with Crippen LogP contribution in [0.2, 0.25) is 0 Å². The van der Waals surface area contributed by atoms with Gasteiger partial charge in [-0.25, -0.2) is 0 Å². The third-order valence-electron chi connectivity index (χ3n) is 2.04. The van der Waals surface area contributed by atoms with Crippen molar-refractivity contribution in [2.24, 2.45) is 4.99 Å². The second kappa shape index (κ2) is 3.89. The van der Waals surface area contributed by atoms with Crippen molar-refractivity contribution < 1.29 is 13.2 Å². The van der Waals surface area contributed by atoms with Crippen LogP contribution >= 0.6 is 11.8 Å². The van der Waals surface area contributed by atoms with Crippen LogP contribution in [0.3, 0.4) is 0 Å². The summed E-state index contributed by atoms with van der Waals surface area (Å²) in [7, 11) is 0. The van der Waals surface area contributed by atoms with Gasteiger partial charge in [-0.2, -0.15) is 13.2 Å². The fourth-order valence-electron chi connectivity index (χ4n) is 1.31. The average Bonchev–Trinajstić information content (AvgIpc) is 2.69. The highest BCUT2D eigenvalue weighted by Gasteiger charge is 2.30. The fraction of sp³-hybridized carbons (Fsp3) is 0.300. The highest BCUT2D eigenvalue weighted by Crippen LogP contribution is 2.30. The standard InChI is InChI=1S/C10H8F3NS/c11-10(12,13)8-3-1-7(2-4-8)9-14-5-6-15-9/h1-4H,5-6H2. The Labute approximate surface area is 89.4 Å². The van der Waals surface area contributed by atoms with Crippen molar-refractivity contribution in [3.8, 4) is 0 Å². The number of aliphatic imine (C=N–C) groups is 1. The normalized spacial score (nSPS) is 16.6. The highest BCUT2D eigenvalue weighted by molar-refractivity contribution is 8.14. The molecule has 0 aromatic heterocycles. The first kappa shape index (κ1) is 10.5. The summed E-state index contributed by atoms with van der Waals surface area (Å²) in [6.45, 7) is 0.751. The van der Waals surface area contributed by atoms with Crippen LogP contribution in [0.1, 0.15) is 11.1 Å². The number of hydrogen-bond donors (Lipinski definition) is 0. The van der Waals surface area contributed by atoms with E-state index in [4.69, 9.17) is 0 Å². The molecule has 1 aromatic rings. The van der Waals surface area contributed by atoms with Gasteiger partial charge in [-0.05, 0) is 12.1 Å². The maximum Gasteiger partial charge on any atom is 0.416 e. The van der Waals surface area contributed by atoms with Crippen molar-refractivity contribution >= 4 is 16.8 Å². The predicted molar refractivity (Wildman–Crippen MR) is 55.3 cm³/mol. The molecule has 0 amide bonds.